The summed E-state index contributed by atoms with van der Waals surface area (Å²) in [7, 11) is 0. The van der Waals surface area contributed by atoms with Crippen molar-refractivity contribution in [2.24, 2.45) is 0 Å². The average molecular weight is 657 g/mol. The Balaban J connectivity index is 1.45. The lowest BCUT2D eigenvalue weighted by atomic mass is 9.98. The van der Waals surface area contributed by atoms with Crippen LogP contribution in [0, 0.1) is 0 Å². The second kappa shape index (κ2) is 16.2. The fourth-order valence-electron chi connectivity index (χ4n) is 5.83. The molecule has 0 spiro atoms. The number of aliphatic hydroxyl groups is 1. The molecule has 5 aromatic rings. The average Bonchev–Trinajstić information content (AvgIpc) is 3.71. The predicted molar refractivity (Wildman–Crippen MR) is 185 cm³/mol. The van der Waals surface area contributed by atoms with E-state index in [1.165, 1.54) is 0 Å². The Morgan fingerprint density at radius 2 is 1.66 bits per heavy atom. The van der Waals surface area contributed by atoms with Gasteiger partial charge < -0.3 is 14.4 Å². The summed E-state index contributed by atoms with van der Waals surface area (Å²) in [5.41, 5.74) is 6.07. The molecule has 0 radical (unpaired) electrons. The number of rotatable bonds is 16. The Hall–Kier alpha value is -3.96. The third-order valence-corrected chi connectivity index (χ3v) is 8.74. The zero-order valence-electron chi connectivity index (χ0n) is 28.0. The van der Waals surface area contributed by atoms with E-state index in [0.717, 1.165) is 72.7 Å². The summed E-state index contributed by atoms with van der Waals surface area (Å²) in [6.07, 6.45) is 1.45. The highest BCUT2D eigenvalue weighted by atomic mass is 35.5. The molecule has 0 fully saturated rings. The normalized spacial score (nSPS) is 12.9. The first-order valence-electron chi connectivity index (χ1n) is 16.6. The van der Waals surface area contributed by atoms with Gasteiger partial charge in [0.25, 0.3) is 0 Å². The number of aromatic nitrogens is 7. The van der Waals surface area contributed by atoms with Gasteiger partial charge in [-0.25, -0.2) is 4.98 Å². The number of ether oxygens (including phenoxy) is 1. The van der Waals surface area contributed by atoms with Gasteiger partial charge in [-0.05, 0) is 72.6 Å². The maximum atomic E-state index is 11.7. The van der Waals surface area contributed by atoms with E-state index in [1.54, 1.807) is 4.68 Å². The maximum Gasteiger partial charge on any atom is 0.185 e. The van der Waals surface area contributed by atoms with E-state index in [1.807, 2.05) is 50.2 Å². The van der Waals surface area contributed by atoms with E-state index in [-0.39, 0.29) is 6.23 Å². The molecular formula is C36H45ClN8O2. The lowest BCUT2D eigenvalue weighted by Crippen LogP contribution is -2.23. The van der Waals surface area contributed by atoms with Gasteiger partial charge in [0.1, 0.15) is 11.9 Å². The number of pyridine rings is 1. The molecule has 0 aliphatic heterocycles. The molecule has 2 unspecified atom stereocenters. The van der Waals surface area contributed by atoms with Crippen molar-refractivity contribution in [1.82, 2.24) is 39.6 Å². The van der Waals surface area contributed by atoms with Crippen LogP contribution in [-0.4, -0.2) is 64.4 Å². The van der Waals surface area contributed by atoms with Crippen molar-refractivity contribution >= 4 is 11.6 Å². The SMILES string of the molecule is CCCCc1nc(Cl)c(C(O)c2cccc(CN(CC)CC)n2)n1Cc1ccc(-c2ccccc2-c2nnnn2C(C)OCC)cc1. The molecule has 0 saturated heterocycles. The van der Waals surface area contributed by atoms with Crippen LogP contribution in [0.25, 0.3) is 22.5 Å². The van der Waals surface area contributed by atoms with E-state index in [9.17, 15) is 5.11 Å². The van der Waals surface area contributed by atoms with Crippen LogP contribution in [0.15, 0.2) is 66.7 Å². The van der Waals surface area contributed by atoms with E-state index in [4.69, 9.17) is 26.3 Å². The van der Waals surface area contributed by atoms with Crippen LogP contribution in [0.3, 0.4) is 0 Å². The molecule has 3 aromatic heterocycles. The third kappa shape index (κ3) is 7.96. The number of imidazole rings is 1. The number of nitrogens with zero attached hydrogens (tertiary/aromatic N) is 8. The molecule has 11 heteroatoms. The molecule has 2 atom stereocenters. The van der Waals surface area contributed by atoms with Crippen LogP contribution in [-0.2, 0) is 24.2 Å². The minimum Gasteiger partial charge on any atom is -0.380 e. The van der Waals surface area contributed by atoms with Gasteiger partial charge in [-0.2, -0.15) is 4.68 Å². The number of tetrazole rings is 1. The number of unbranched alkanes of at least 4 members (excludes halogenated alkanes) is 1. The van der Waals surface area contributed by atoms with Crippen molar-refractivity contribution in [3.05, 3.63) is 100 Å². The van der Waals surface area contributed by atoms with Crippen LogP contribution in [0.5, 0.6) is 0 Å². The van der Waals surface area contributed by atoms with Gasteiger partial charge in [0, 0.05) is 31.7 Å². The van der Waals surface area contributed by atoms with Gasteiger partial charge in [0.15, 0.2) is 17.2 Å². The lowest BCUT2D eigenvalue weighted by Gasteiger charge is -2.20. The highest BCUT2D eigenvalue weighted by Gasteiger charge is 2.25. The van der Waals surface area contributed by atoms with Crippen LogP contribution in [0.4, 0.5) is 0 Å². The topological polar surface area (TPSA) is 107 Å². The molecule has 10 nitrogen and oxygen atoms in total. The fourth-order valence-corrected chi connectivity index (χ4v) is 6.13. The molecule has 0 aliphatic carbocycles. The first-order valence-corrected chi connectivity index (χ1v) is 16.9. The Morgan fingerprint density at radius 1 is 0.915 bits per heavy atom. The molecule has 0 amide bonds. The highest BCUT2D eigenvalue weighted by Crippen LogP contribution is 2.33. The van der Waals surface area contributed by atoms with E-state index < -0.39 is 6.10 Å². The molecule has 0 bridgehead atoms. The number of hydrogen-bond acceptors (Lipinski definition) is 8. The summed E-state index contributed by atoms with van der Waals surface area (Å²) >= 11 is 6.78. The molecule has 2 aromatic carbocycles. The summed E-state index contributed by atoms with van der Waals surface area (Å²) < 4.78 is 9.54. The molecule has 47 heavy (non-hydrogen) atoms. The van der Waals surface area contributed by atoms with Gasteiger partial charge in [0.05, 0.1) is 17.1 Å². The fraction of sp³-hybridized carbons (Fsp3) is 0.417. The second-order valence-electron chi connectivity index (χ2n) is 11.6. The van der Waals surface area contributed by atoms with Gasteiger partial charge in [-0.1, -0.05) is 93.4 Å². The summed E-state index contributed by atoms with van der Waals surface area (Å²) in [6.45, 7) is 14.0. The van der Waals surface area contributed by atoms with Crippen molar-refractivity contribution in [2.75, 3.05) is 19.7 Å². The first-order chi connectivity index (χ1) is 22.9. The molecule has 0 saturated carbocycles. The standard InChI is InChI=1S/C36H45ClN8O2/c1-6-10-18-32-39-35(37)33(34(46)31-17-13-14-28(38-31)24-43(7-2)8-3)44(32)23-26-19-21-27(22-20-26)29-15-11-12-16-30(29)36-40-41-42-45(36)25(5)47-9-4/h11-17,19-22,25,34,46H,6-10,18,23-24H2,1-5H3. The van der Waals surface area contributed by atoms with E-state index >= 15 is 0 Å². The molecule has 1 N–H and O–H groups in total. The van der Waals surface area contributed by atoms with Crippen LogP contribution >= 0.6 is 11.6 Å². The van der Waals surface area contributed by atoms with Gasteiger partial charge in [0.2, 0.25) is 0 Å². The Bertz CT molecular complexity index is 1730. The number of aryl methyl sites for hydroxylation is 1. The number of hydrogen-bond donors (Lipinski definition) is 1. The Labute approximate surface area is 282 Å². The maximum absolute atomic E-state index is 11.7. The predicted octanol–water partition coefficient (Wildman–Crippen LogP) is 7.12. The zero-order chi connectivity index (χ0) is 33.3. The lowest BCUT2D eigenvalue weighted by molar-refractivity contribution is 0.0159. The number of benzene rings is 2. The van der Waals surface area contributed by atoms with Gasteiger partial charge in [-0.15, -0.1) is 5.10 Å². The molecular weight excluding hydrogens is 612 g/mol. The minimum atomic E-state index is -1.02. The monoisotopic (exact) mass is 656 g/mol. The van der Waals surface area contributed by atoms with Crippen molar-refractivity contribution in [3.8, 4) is 22.5 Å². The minimum absolute atomic E-state index is 0.297. The van der Waals surface area contributed by atoms with Gasteiger partial charge in [-0.3, -0.25) is 9.88 Å². The third-order valence-electron chi connectivity index (χ3n) is 8.46. The van der Waals surface area contributed by atoms with E-state index in [0.29, 0.717) is 35.5 Å². The summed E-state index contributed by atoms with van der Waals surface area (Å²) in [4.78, 5) is 11.9. The zero-order valence-corrected chi connectivity index (χ0v) is 28.7. The van der Waals surface area contributed by atoms with Gasteiger partial charge >= 0.3 is 0 Å². The molecule has 3 heterocycles. The molecule has 0 aliphatic rings. The van der Waals surface area contributed by atoms with Crippen LogP contribution in [0.2, 0.25) is 5.15 Å². The number of aliphatic hydroxyl groups excluding tert-OH is 1. The van der Waals surface area contributed by atoms with Crippen molar-refractivity contribution in [3.63, 3.8) is 0 Å². The van der Waals surface area contributed by atoms with Crippen LogP contribution < -0.4 is 0 Å². The van der Waals surface area contributed by atoms with Crippen molar-refractivity contribution in [1.29, 1.82) is 0 Å². The quantitative estimate of drug-likeness (QED) is 0.120. The number of halogens is 1. The molecule has 5 rings (SSSR count). The summed E-state index contributed by atoms with van der Waals surface area (Å²) in [5, 5.41) is 24.5. The smallest absolute Gasteiger partial charge is 0.185 e. The molecule has 248 valence electrons. The Kier molecular flexibility index (Phi) is 11.9. The second-order valence-corrected chi connectivity index (χ2v) is 11.9. The Morgan fingerprint density at radius 3 is 2.36 bits per heavy atom. The first kappa shape index (κ1) is 34.4. The van der Waals surface area contributed by atoms with Crippen LogP contribution in [0.1, 0.15) is 88.3 Å². The highest BCUT2D eigenvalue weighted by molar-refractivity contribution is 6.30. The van der Waals surface area contributed by atoms with E-state index in [2.05, 4.69) is 76.1 Å². The summed E-state index contributed by atoms with van der Waals surface area (Å²) in [6, 6.07) is 22.3. The van der Waals surface area contributed by atoms with Crippen molar-refractivity contribution < 1.29 is 9.84 Å². The summed E-state index contributed by atoms with van der Waals surface area (Å²) in [5.74, 6) is 1.50. The largest absolute Gasteiger partial charge is 0.380 e. The van der Waals surface area contributed by atoms with Crippen molar-refractivity contribution in [2.45, 2.75) is 79.3 Å².